The van der Waals surface area contributed by atoms with E-state index < -0.39 is 11.7 Å². The van der Waals surface area contributed by atoms with Gasteiger partial charge < -0.3 is 15.1 Å². The van der Waals surface area contributed by atoms with Gasteiger partial charge in [-0.15, -0.1) is 0 Å². The zero-order chi connectivity index (χ0) is 22.9. The minimum absolute atomic E-state index is 0.00000578. The van der Waals surface area contributed by atoms with Gasteiger partial charge in [-0.1, -0.05) is 12.1 Å². The number of nitrogens with one attached hydrogen (secondary N) is 1. The van der Waals surface area contributed by atoms with Crippen molar-refractivity contribution < 1.29 is 18.0 Å². The Bertz CT molecular complexity index is 1130. The summed E-state index contributed by atoms with van der Waals surface area (Å²) in [6.07, 6.45) is 0.649. The zero-order valence-electron chi connectivity index (χ0n) is 17.6. The summed E-state index contributed by atoms with van der Waals surface area (Å²) < 4.78 is 40.3. The van der Waals surface area contributed by atoms with Gasteiger partial charge in [-0.3, -0.25) is 9.48 Å². The fourth-order valence-corrected chi connectivity index (χ4v) is 3.57. The molecule has 11 heteroatoms. The van der Waals surface area contributed by atoms with Crippen LogP contribution < -0.4 is 15.1 Å². The number of aromatic nitrogens is 4. The lowest BCUT2D eigenvalue weighted by Crippen LogP contribution is -2.44. The summed E-state index contributed by atoms with van der Waals surface area (Å²) in [7, 11) is 1.80. The molecule has 3 aromatic rings. The number of hydrogen-bond acceptors (Lipinski definition) is 6. The lowest BCUT2D eigenvalue weighted by Gasteiger charge is -2.33. The minimum atomic E-state index is -4.38. The summed E-state index contributed by atoms with van der Waals surface area (Å²) in [6.45, 7) is 3.31. The number of amides is 1. The van der Waals surface area contributed by atoms with Crippen LogP contribution in [0.1, 0.15) is 23.6 Å². The van der Waals surface area contributed by atoms with E-state index in [9.17, 15) is 18.0 Å². The average molecular weight is 445 g/mol. The molecule has 8 nitrogen and oxygen atoms in total. The van der Waals surface area contributed by atoms with E-state index in [-0.39, 0.29) is 19.0 Å². The second-order valence-corrected chi connectivity index (χ2v) is 7.49. The predicted octanol–water partition coefficient (Wildman–Crippen LogP) is 3.16. The lowest BCUT2D eigenvalue weighted by atomic mass is 10.1. The maximum Gasteiger partial charge on any atom is 0.416 e. The number of anilines is 3. The van der Waals surface area contributed by atoms with E-state index in [0.717, 1.165) is 17.7 Å². The Morgan fingerprint density at radius 1 is 1.19 bits per heavy atom. The van der Waals surface area contributed by atoms with Crippen molar-refractivity contribution in [2.24, 2.45) is 0 Å². The number of nitrogens with zero attached hydrogens (tertiary/aromatic N) is 6. The fraction of sp³-hybridized carbons (Fsp3) is 0.333. The molecule has 0 bridgehead atoms. The Morgan fingerprint density at radius 2 is 2.00 bits per heavy atom. The number of rotatable bonds is 6. The molecule has 0 spiro atoms. The molecule has 0 aliphatic carbocycles. The monoisotopic (exact) mass is 445 g/mol. The molecule has 0 saturated carbocycles. The van der Waals surface area contributed by atoms with Crippen molar-refractivity contribution in [3.8, 4) is 0 Å². The Kier molecular flexibility index (Phi) is 5.72. The highest BCUT2D eigenvalue weighted by atomic mass is 19.4. The quantitative estimate of drug-likeness (QED) is 0.628. The molecule has 168 valence electrons. The van der Waals surface area contributed by atoms with E-state index in [4.69, 9.17) is 0 Å². The highest BCUT2D eigenvalue weighted by Gasteiger charge is 2.30. The molecule has 3 heterocycles. The van der Waals surface area contributed by atoms with E-state index in [1.807, 2.05) is 6.92 Å². The summed E-state index contributed by atoms with van der Waals surface area (Å²) >= 11 is 0. The molecule has 4 rings (SSSR count). The van der Waals surface area contributed by atoms with Gasteiger partial charge in [-0.05, 0) is 24.6 Å². The van der Waals surface area contributed by atoms with E-state index >= 15 is 0 Å². The van der Waals surface area contributed by atoms with E-state index in [2.05, 4.69) is 20.4 Å². The number of fused-ring (bicyclic) bond motifs is 1. The van der Waals surface area contributed by atoms with Gasteiger partial charge in [0.2, 0.25) is 11.9 Å². The Hall–Kier alpha value is -3.63. The molecule has 0 atom stereocenters. The van der Waals surface area contributed by atoms with Gasteiger partial charge in [0.15, 0.2) is 5.82 Å². The Morgan fingerprint density at radius 3 is 2.75 bits per heavy atom. The topological polar surface area (TPSA) is 79.2 Å². The number of alkyl halides is 3. The number of carbonyl (C=O) groups is 1. The number of likely N-dealkylation sites (N-methyl/N-ethyl adjacent to an activating group) is 2. The van der Waals surface area contributed by atoms with Gasteiger partial charge in [0.05, 0.1) is 31.0 Å². The largest absolute Gasteiger partial charge is 0.416 e. The molecule has 1 aliphatic heterocycles. The van der Waals surface area contributed by atoms with Crippen molar-refractivity contribution in [2.75, 3.05) is 35.3 Å². The Balaban J connectivity index is 1.42. The third-order valence-electron chi connectivity index (χ3n) is 5.13. The van der Waals surface area contributed by atoms with E-state index in [1.54, 1.807) is 46.2 Å². The van der Waals surface area contributed by atoms with E-state index in [0.29, 0.717) is 36.1 Å². The summed E-state index contributed by atoms with van der Waals surface area (Å²) in [5, 5.41) is 7.36. The van der Waals surface area contributed by atoms with Gasteiger partial charge in [0.25, 0.3) is 0 Å². The first-order valence-corrected chi connectivity index (χ1v) is 10.0. The minimum Gasteiger partial charge on any atom is -0.350 e. The summed E-state index contributed by atoms with van der Waals surface area (Å²) in [5.74, 6) is 1.08. The molecule has 0 saturated heterocycles. The standard InChI is InChI=1S/C21H22F3N7O/c1-3-31-17-10-26-20(28-19(17)29(2)13-18(31)32)25-8-15-9-27-30(12-15)11-14-5-4-6-16(7-14)21(22,23)24/h4-7,9-10,12H,3,8,11,13H2,1-2H3,(H,25,26,28). The molecule has 1 aliphatic rings. The fourth-order valence-electron chi connectivity index (χ4n) is 3.57. The second kappa shape index (κ2) is 8.48. The smallest absolute Gasteiger partial charge is 0.350 e. The third kappa shape index (κ3) is 4.51. The first kappa shape index (κ1) is 21.6. The Labute approximate surface area is 182 Å². The van der Waals surface area contributed by atoms with Crippen LogP contribution in [0, 0.1) is 0 Å². The maximum absolute atomic E-state index is 12.9. The van der Waals surface area contributed by atoms with Crippen LogP contribution in [0.3, 0.4) is 0 Å². The van der Waals surface area contributed by atoms with Crippen LogP contribution in [0.4, 0.5) is 30.6 Å². The molecule has 2 aromatic heterocycles. The van der Waals surface area contributed by atoms with Crippen molar-refractivity contribution in [2.45, 2.75) is 26.2 Å². The van der Waals surface area contributed by atoms with Crippen molar-refractivity contribution in [1.29, 1.82) is 0 Å². The summed E-state index contributed by atoms with van der Waals surface area (Å²) in [4.78, 5) is 24.4. The number of carbonyl (C=O) groups excluding carboxylic acids is 1. The maximum atomic E-state index is 12.9. The van der Waals surface area contributed by atoms with Crippen LogP contribution in [0.15, 0.2) is 42.9 Å². The molecule has 1 amide bonds. The number of halogens is 3. The zero-order valence-corrected chi connectivity index (χ0v) is 17.6. The van der Waals surface area contributed by atoms with Crippen LogP contribution in [0.25, 0.3) is 0 Å². The van der Waals surface area contributed by atoms with Gasteiger partial charge >= 0.3 is 6.18 Å². The first-order chi connectivity index (χ1) is 15.2. The number of benzene rings is 1. The van der Waals surface area contributed by atoms with Gasteiger partial charge in [0, 0.05) is 31.9 Å². The molecular weight excluding hydrogens is 423 g/mol. The molecule has 0 unspecified atom stereocenters. The van der Waals surface area contributed by atoms with Gasteiger partial charge in [-0.25, -0.2) is 4.98 Å². The third-order valence-corrected chi connectivity index (χ3v) is 5.13. The van der Waals surface area contributed by atoms with Crippen LogP contribution in [0.2, 0.25) is 0 Å². The average Bonchev–Trinajstić information content (AvgIpc) is 3.19. The molecule has 1 N–H and O–H groups in total. The molecule has 0 fully saturated rings. The van der Waals surface area contributed by atoms with Crippen LogP contribution in [0.5, 0.6) is 0 Å². The molecule has 1 aromatic carbocycles. The lowest BCUT2D eigenvalue weighted by molar-refractivity contribution is -0.137. The SMILES string of the molecule is CCN1C(=O)CN(C)c2nc(NCc3cnn(Cc4cccc(C(F)(F)F)c4)c3)ncc21. The van der Waals surface area contributed by atoms with Crippen LogP contribution in [-0.4, -0.2) is 45.8 Å². The van der Waals surface area contributed by atoms with Crippen molar-refractivity contribution in [3.05, 3.63) is 59.5 Å². The first-order valence-electron chi connectivity index (χ1n) is 10.0. The second-order valence-electron chi connectivity index (χ2n) is 7.49. The highest BCUT2D eigenvalue weighted by molar-refractivity contribution is 6.02. The normalized spacial score (nSPS) is 14.0. The van der Waals surface area contributed by atoms with Crippen molar-refractivity contribution in [1.82, 2.24) is 19.7 Å². The molecular formula is C21H22F3N7O. The highest BCUT2D eigenvalue weighted by Crippen LogP contribution is 2.31. The summed E-state index contributed by atoms with van der Waals surface area (Å²) in [6, 6.07) is 5.20. The van der Waals surface area contributed by atoms with E-state index in [1.165, 1.54) is 6.07 Å². The van der Waals surface area contributed by atoms with Crippen molar-refractivity contribution in [3.63, 3.8) is 0 Å². The summed E-state index contributed by atoms with van der Waals surface area (Å²) in [5.41, 5.74) is 1.34. The number of hydrogen-bond donors (Lipinski definition) is 1. The van der Waals surface area contributed by atoms with Gasteiger partial charge in [0.1, 0.15) is 5.69 Å². The van der Waals surface area contributed by atoms with Crippen LogP contribution >= 0.6 is 0 Å². The predicted molar refractivity (Wildman–Crippen MR) is 113 cm³/mol. The van der Waals surface area contributed by atoms with Crippen molar-refractivity contribution >= 4 is 23.4 Å². The van der Waals surface area contributed by atoms with Gasteiger partial charge in [-0.2, -0.15) is 23.3 Å². The molecule has 0 radical (unpaired) electrons. The van der Waals surface area contributed by atoms with Crippen LogP contribution in [-0.2, 0) is 24.1 Å². The molecule has 32 heavy (non-hydrogen) atoms.